The van der Waals surface area contributed by atoms with E-state index in [9.17, 15) is 9.59 Å². The van der Waals surface area contributed by atoms with Crippen LogP contribution in [0.1, 0.15) is 22.8 Å². The van der Waals surface area contributed by atoms with Crippen molar-refractivity contribution < 1.29 is 9.21 Å². The number of hydrogen-bond donors (Lipinski definition) is 1. The van der Waals surface area contributed by atoms with E-state index >= 15 is 0 Å². The summed E-state index contributed by atoms with van der Waals surface area (Å²) in [5.41, 5.74) is 2.82. The van der Waals surface area contributed by atoms with E-state index < -0.39 is 11.5 Å². The van der Waals surface area contributed by atoms with Crippen molar-refractivity contribution in [3.63, 3.8) is 0 Å². The van der Waals surface area contributed by atoms with Gasteiger partial charge in [-0.15, -0.1) is 0 Å². The highest BCUT2D eigenvalue weighted by atomic mass is 35.5. The number of hydrazone groups is 1. The molecule has 0 spiro atoms. The summed E-state index contributed by atoms with van der Waals surface area (Å²) < 4.78 is 5.24. The predicted molar refractivity (Wildman–Crippen MR) is 96.4 cm³/mol. The number of benzene rings is 1. The number of pyridine rings is 1. The van der Waals surface area contributed by atoms with Crippen LogP contribution in [0.5, 0.6) is 0 Å². The third kappa shape index (κ3) is 3.70. The Bertz CT molecular complexity index is 1050. The Morgan fingerprint density at radius 2 is 2.08 bits per heavy atom. The largest absolute Gasteiger partial charge is 0.421 e. The molecule has 0 atom stereocenters. The second-order valence-electron chi connectivity index (χ2n) is 5.13. The maximum atomic E-state index is 12.2. The van der Waals surface area contributed by atoms with Gasteiger partial charge in [0.05, 0.1) is 21.9 Å². The molecule has 2 aromatic heterocycles. The third-order valence-electron chi connectivity index (χ3n) is 3.39. The lowest BCUT2D eigenvalue weighted by molar-refractivity contribution is 0.0954. The fourth-order valence-electron chi connectivity index (χ4n) is 2.17. The van der Waals surface area contributed by atoms with E-state index in [1.165, 1.54) is 12.3 Å². The lowest BCUT2D eigenvalue weighted by atomic mass is 10.1. The number of carbonyl (C=O) groups excluding carboxylic acids is 1. The number of hydrogen-bond acceptors (Lipinski definition) is 5. The summed E-state index contributed by atoms with van der Waals surface area (Å²) >= 11 is 12.0. The summed E-state index contributed by atoms with van der Waals surface area (Å²) in [6, 6.07) is 7.91. The summed E-state index contributed by atoms with van der Waals surface area (Å²) in [6.45, 7) is 1.58. The predicted octanol–water partition coefficient (Wildman–Crippen LogP) is 3.65. The average Bonchev–Trinajstić information content (AvgIpc) is 2.60. The maximum Gasteiger partial charge on any atom is 0.345 e. The Kier molecular flexibility index (Phi) is 4.83. The zero-order valence-electron chi connectivity index (χ0n) is 12.9. The molecule has 2 heterocycles. The van der Waals surface area contributed by atoms with E-state index in [1.807, 2.05) is 0 Å². The van der Waals surface area contributed by atoms with Crippen molar-refractivity contribution in [2.45, 2.75) is 6.92 Å². The van der Waals surface area contributed by atoms with Gasteiger partial charge in [-0.25, -0.2) is 10.2 Å². The summed E-state index contributed by atoms with van der Waals surface area (Å²) in [6.07, 6.45) is 2.97. The minimum absolute atomic E-state index is 0.192. The quantitative estimate of drug-likeness (QED) is 0.430. The van der Waals surface area contributed by atoms with Crippen LogP contribution in [0.3, 0.4) is 0 Å². The van der Waals surface area contributed by atoms with Gasteiger partial charge in [0.2, 0.25) is 0 Å². The zero-order valence-corrected chi connectivity index (χ0v) is 14.4. The lowest BCUT2D eigenvalue weighted by Gasteiger charge is -2.05. The Hall–Kier alpha value is -2.70. The number of halogens is 2. The van der Waals surface area contributed by atoms with E-state index in [0.29, 0.717) is 16.0 Å². The number of rotatable bonds is 3. The van der Waals surface area contributed by atoms with Gasteiger partial charge in [0.1, 0.15) is 0 Å². The molecule has 0 saturated carbocycles. The van der Waals surface area contributed by atoms with Crippen LogP contribution in [0.25, 0.3) is 11.0 Å². The molecule has 1 amide bonds. The summed E-state index contributed by atoms with van der Waals surface area (Å²) in [5, 5.41) is 5.16. The Labute approximate surface area is 152 Å². The number of amides is 1. The number of aromatic nitrogens is 1. The van der Waals surface area contributed by atoms with Gasteiger partial charge in [0.15, 0.2) is 5.58 Å². The van der Waals surface area contributed by atoms with E-state index in [2.05, 4.69) is 15.5 Å². The second-order valence-corrected chi connectivity index (χ2v) is 5.98. The number of nitrogens with zero attached hydrogens (tertiary/aromatic N) is 2. The van der Waals surface area contributed by atoms with Crippen molar-refractivity contribution in [3.05, 3.63) is 74.3 Å². The van der Waals surface area contributed by atoms with Gasteiger partial charge in [0.25, 0.3) is 5.91 Å². The van der Waals surface area contributed by atoms with Crippen molar-refractivity contribution in [2.75, 3.05) is 0 Å². The fourth-order valence-corrected chi connectivity index (χ4v) is 2.71. The molecule has 6 nitrogen and oxygen atoms in total. The van der Waals surface area contributed by atoms with E-state index in [0.717, 1.165) is 0 Å². The molecule has 1 N–H and O–H groups in total. The highest BCUT2D eigenvalue weighted by molar-refractivity contribution is 6.38. The molecule has 0 saturated heterocycles. The number of fused-ring (bicyclic) bond motifs is 1. The van der Waals surface area contributed by atoms with Crippen LogP contribution in [-0.2, 0) is 0 Å². The average molecular weight is 376 g/mol. The Morgan fingerprint density at radius 3 is 2.80 bits per heavy atom. The van der Waals surface area contributed by atoms with Gasteiger partial charge in [-0.3, -0.25) is 9.78 Å². The van der Waals surface area contributed by atoms with Crippen LogP contribution in [0, 0.1) is 0 Å². The van der Waals surface area contributed by atoms with Crippen molar-refractivity contribution in [1.29, 1.82) is 0 Å². The maximum absolute atomic E-state index is 12.2. The van der Waals surface area contributed by atoms with Gasteiger partial charge in [0, 0.05) is 22.8 Å². The molecule has 0 unspecified atom stereocenters. The number of nitrogens with one attached hydrogen (secondary N) is 1. The highest BCUT2D eigenvalue weighted by Crippen LogP contribution is 2.27. The second kappa shape index (κ2) is 7.04. The molecular weight excluding hydrogens is 365 g/mol. The van der Waals surface area contributed by atoms with Gasteiger partial charge in [-0.05, 0) is 37.3 Å². The van der Waals surface area contributed by atoms with Crippen LogP contribution in [-0.4, -0.2) is 16.6 Å². The van der Waals surface area contributed by atoms with Crippen LogP contribution in [0.2, 0.25) is 10.0 Å². The number of carbonyl (C=O) groups is 1. The van der Waals surface area contributed by atoms with Crippen molar-refractivity contribution in [2.24, 2.45) is 5.10 Å². The monoisotopic (exact) mass is 375 g/mol. The molecule has 0 radical (unpaired) electrons. The van der Waals surface area contributed by atoms with Gasteiger partial charge < -0.3 is 4.42 Å². The Morgan fingerprint density at radius 1 is 1.28 bits per heavy atom. The van der Waals surface area contributed by atoms with E-state index in [-0.39, 0.29) is 21.9 Å². The minimum atomic E-state index is -0.617. The smallest absolute Gasteiger partial charge is 0.345 e. The molecule has 126 valence electrons. The molecular formula is C17H11Cl2N3O3. The summed E-state index contributed by atoms with van der Waals surface area (Å²) in [5.74, 6) is -0.441. The normalized spacial score (nSPS) is 11.6. The van der Waals surface area contributed by atoms with Crippen LogP contribution >= 0.6 is 23.2 Å². The third-order valence-corrected chi connectivity index (χ3v) is 3.89. The lowest BCUT2D eigenvalue weighted by Crippen LogP contribution is -2.21. The van der Waals surface area contributed by atoms with Crippen molar-refractivity contribution in [3.8, 4) is 0 Å². The molecule has 1 aromatic carbocycles. The topological polar surface area (TPSA) is 84.6 Å². The molecule has 0 aliphatic carbocycles. The SMILES string of the molecule is C/C(=N/NC(=O)c1cccnc1)c1cc2cc(Cl)cc(Cl)c2oc1=O. The van der Waals surface area contributed by atoms with Crippen LogP contribution < -0.4 is 11.1 Å². The minimum Gasteiger partial charge on any atom is -0.421 e. The molecule has 3 rings (SSSR count). The van der Waals surface area contributed by atoms with Crippen LogP contribution in [0.4, 0.5) is 0 Å². The Balaban J connectivity index is 1.94. The molecule has 8 heteroatoms. The van der Waals surface area contributed by atoms with E-state index in [1.54, 1.807) is 37.4 Å². The first-order valence-corrected chi connectivity index (χ1v) is 7.89. The molecule has 3 aromatic rings. The molecule has 25 heavy (non-hydrogen) atoms. The summed E-state index contributed by atoms with van der Waals surface area (Å²) in [7, 11) is 0. The summed E-state index contributed by atoms with van der Waals surface area (Å²) in [4.78, 5) is 28.0. The molecule has 0 aliphatic rings. The fraction of sp³-hybridized carbons (Fsp3) is 0.0588. The van der Waals surface area contributed by atoms with Gasteiger partial charge >= 0.3 is 5.63 Å². The molecule has 0 aliphatic heterocycles. The van der Waals surface area contributed by atoms with Crippen LogP contribution in [0.15, 0.2) is 57.0 Å². The van der Waals surface area contributed by atoms with Gasteiger partial charge in [-0.1, -0.05) is 23.2 Å². The first-order valence-electron chi connectivity index (χ1n) is 7.13. The first kappa shape index (κ1) is 17.1. The molecule has 0 bridgehead atoms. The van der Waals surface area contributed by atoms with Crippen molar-refractivity contribution >= 4 is 45.8 Å². The van der Waals surface area contributed by atoms with Gasteiger partial charge in [-0.2, -0.15) is 5.10 Å². The highest BCUT2D eigenvalue weighted by Gasteiger charge is 2.12. The van der Waals surface area contributed by atoms with E-state index in [4.69, 9.17) is 27.6 Å². The van der Waals surface area contributed by atoms with Crippen molar-refractivity contribution in [1.82, 2.24) is 10.4 Å². The zero-order chi connectivity index (χ0) is 18.0. The molecule has 0 fully saturated rings. The standard InChI is InChI=1S/C17H11Cl2N3O3/c1-9(21-22-16(23)10-3-2-4-20-8-10)13-6-11-5-12(18)7-14(19)15(11)25-17(13)24/h2-8H,1H3,(H,22,23)/b21-9-. The first-order chi connectivity index (χ1) is 12.0.